The highest BCUT2D eigenvalue weighted by atomic mass is 16.3. The molecule has 0 saturated heterocycles. The molecule has 0 radical (unpaired) electrons. The third kappa shape index (κ3) is 11.0. The molecule has 0 aliphatic rings. The summed E-state index contributed by atoms with van der Waals surface area (Å²) in [6.07, 6.45) is 3.57. The molecule has 0 aliphatic heterocycles. The van der Waals surface area contributed by atoms with Crippen LogP contribution in [-0.2, 0) is 0 Å². The molecule has 0 rings (SSSR count). The first kappa shape index (κ1) is 22.8. The number of nitrogens with zero attached hydrogens (tertiary/aromatic N) is 4. The Hall–Kier alpha value is -0.240. The predicted molar refractivity (Wildman–Crippen MR) is 97.7 cm³/mol. The van der Waals surface area contributed by atoms with Gasteiger partial charge < -0.3 is 20.0 Å². The Bertz CT molecular complexity index is 245. The SMILES string of the molecule is CCC(N(CCO)CCO)N(CCCN(C)C)CCCN(C)C. The quantitative estimate of drug-likeness (QED) is 0.418. The van der Waals surface area contributed by atoms with Gasteiger partial charge >= 0.3 is 0 Å². The highest BCUT2D eigenvalue weighted by Crippen LogP contribution is 2.12. The normalized spacial score (nSPS) is 13.7. The topological polar surface area (TPSA) is 53.4 Å². The Morgan fingerprint density at radius 1 is 0.652 bits per heavy atom. The van der Waals surface area contributed by atoms with Crippen molar-refractivity contribution in [1.29, 1.82) is 0 Å². The molecule has 0 spiro atoms. The Morgan fingerprint density at radius 3 is 1.35 bits per heavy atom. The van der Waals surface area contributed by atoms with Crippen molar-refractivity contribution >= 4 is 0 Å². The number of hydrogen-bond donors (Lipinski definition) is 2. The molecule has 1 unspecified atom stereocenters. The van der Waals surface area contributed by atoms with Crippen LogP contribution in [0, 0.1) is 0 Å². The number of hydrogen-bond acceptors (Lipinski definition) is 6. The summed E-state index contributed by atoms with van der Waals surface area (Å²) in [4.78, 5) is 9.18. The molecule has 0 fully saturated rings. The van der Waals surface area contributed by atoms with Crippen molar-refractivity contribution in [3.05, 3.63) is 0 Å². The Balaban J connectivity index is 4.76. The standard InChI is InChI=1S/C17H40N4O2/c1-6-17(21(13-15-22)14-16-23)20(11-7-9-18(2)3)12-8-10-19(4)5/h17,22-23H,6-16H2,1-5H3. The van der Waals surface area contributed by atoms with Gasteiger partial charge in [-0.15, -0.1) is 0 Å². The fraction of sp³-hybridized carbons (Fsp3) is 1.00. The van der Waals surface area contributed by atoms with Gasteiger partial charge in [0.15, 0.2) is 0 Å². The largest absolute Gasteiger partial charge is 0.395 e. The molecule has 1 atom stereocenters. The zero-order valence-corrected chi connectivity index (χ0v) is 16.0. The first-order valence-corrected chi connectivity index (χ1v) is 8.95. The molecule has 140 valence electrons. The van der Waals surface area contributed by atoms with E-state index in [1.165, 1.54) is 0 Å². The third-order valence-electron chi connectivity index (χ3n) is 4.08. The van der Waals surface area contributed by atoms with Crippen LogP contribution < -0.4 is 0 Å². The van der Waals surface area contributed by atoms with Gasteiger partial charge in [-0.05, 0) is 60.5 Å². The van der Waals surface area contributed by atoms with Gasteiger partial charge in [-0.3, -0.25) is 9.80 Å². The lowest BCUT2D eigenvalue weighted by Crippen LogP contribution is -2.51. The van der Waals surface area contributed by atoms with Crippen molar-refractivity contribution in [2.24, 2.45) is 0 Å². The second-order valence-electron chi connectivity index (χ2n) is 6.72. The molecule has 0 aromatic rings. The smallest absolute Gasteiger partial charge is 0.0621 e. The summed E-state index contributed by atoms with van der Waals surface area (Å²) in [7, 11) is 8.43. The fourth-order valence-electron chi connectivity index (χ4n) is 3.00. The maximum absolute atomic E-state index is 9.33. The van der Waals surface area contributed by atoms with Crippen molar-refractivity contribution in [3.63, 3.8) is 0 Å². The highest BCUT2D eigenvalue weighted by Gasteiger charge is 2.22. The van der Waals surface area contributed by atoms with Crippen LogP contribution in [0.1, 0.15) is 26.2 Å². The summed E-state index contributed by atoms with van der Waals surface area (Å²) < 4.78 is 0. The van der Waals surface area contributed by atoms with Gasteiger partial charge in [0.1, 0.15) is 0 Å². The minimum absolute atomic E-state index is 0.139. The summed E-state index contributed by atoms with van der Waals surface area (Å²) in [6.45, 7) is 7.99. The van der Waals surface area contributed by atoms with Crippen LogP contribution >= 0.6 is 0 Å². The molecule has 23 heavy (non-hydrogen) atoms. The van der Waals surface area contributed by atoms with Crippen molar-refractivity contribution in [2.75, 3.05) is 80.7 Å². The van der Waals surface area contributed by atoms with Crippen LogP contribution in [0.4, 0.5) is 0 Å². The van der Waals surface area contributed by atoms with Gasteiger partial charge in [0.05, 0.1) is 19.4 Å². The molecule has 0 aromatic heterocycles. The Labute approximate surface area is 143 Å². The number of aliphatic hydroxyl groups excluding tert-OH is 2. The van der Waals surface area contributed by atoms with E-state index in [4.69, 9.17) is 0 Å². The van der Waals surface area contributed by atoms with Crippen molar-refractivity contribution < 1.29 is 10.2 Å². The molecular formula is C17H40N4O2. The van der Waals surface area contributed by atoms with Crippen molar-refractivity contribution in [3.8, 4) is 0 Å². The first-order valence-electron chi connectivity index (χ1n) is 8.95. The average molecular weight is 333 g/mol. The zero-order valence-electron chi connectivity index (χ0n) is 16.0. The van der Waals surface area contributed by atoms with E-state index in [0.717, 1.165) is 45.4 Å². The highest BCUT2D eigenvalue weighted by molar-refractivity contribution is 4.74. The number of rotatable bonds is 15. The lowest BCUT2D eigenvalue weighted by Gasteiger charge is -2.39. The summed E-state index contributed by atoms with van der Waals surface area (Å²) in [5.74, 6) is 0. The van der Waals surface area contributed by atoms with E-state index in [9.17, 15) is 10.2 Å². The van der Waals surface area contributed by atoms with Crippen molar-refractivity contribution in [2.45, 2.75) is 32.4 Å². The van der Waals surface area contributed by atoms with Crippen LogP contribution in [0.25, 0.3) is 0 Å². The number of aliphatic hydroxyl groups is 2. The van der Waals surface area contributed by atoms with Crippen LogP contribution in [0.3, 0.4) is 0 Å². The molecule has 6 heteroatoms. The van der Waals surface area contributed by atoms with Crippen LogP contribution in [0.5, 0.6) is 0 Å². The van der Waals surface area contributed by atoms with Gasteiger partial charge in [-0.1, -0.05) is 6.92 Å². The maximum atomic E-state index is 9.33. The molecule has 0 heterocycles. The van der Waals surface area contributed by atoms with E-state index in [-0.39, 0.29) is 13.2 Å². The third-order valence-corrected chi connectivity index (χ3v) is 4.08. The van der Waals surface area contributed by atoms with E-state index in [0.29, 0.717) is 19.3 Å². The lowest BCUT2D eigenvalue weighted by molar-refractivity contribution is 0.0145. The van der Waals surface area contributed by atoms with Crippen molar-refractivity contribution in [1.82, 2.24) is 19.6 Å². The van der Waals surface area contributed by atoms with E-state index in [1.807, 2.05) is 0 Å². The predicted octanol–water partition coefficient (Wildman–Crippen LogP) is 0.215. The first-order chi connectivity index (χ1) is 11.0. The summed E-state index contributed by atoms with van der Waals surface area (Å²) in [5.41, 5.74) is 0. The van der Waals surface area contributed by atoms with E-state index in [2.05, 4.69) is 54.7 Å². The molecule has 0 saturated carbocycles. The molecule has 0 amide bonds. The van der Waals surface area contributed by atoms with Gasteiger partial charge in [-0.2, -0.15) is 0 Å². The summed E-state index contributed by atoms with van der Waals surface area (Å²) in [6, 6.07) is 0. The molecule has 0 aliphatic carbocycles. The van der Waals surface area contributed by atoms with Gasteiger partial charge in [0.25, 0.3) is 0 Å². The Morgan fingerprint density at radius 2 is 1.04 bits per heavy atom. The lowest BCUT2D eigenvalue weighted by atomic mass is 10.2. The summed E-state index contributed by atoms with van der Waals surface area (Å²) in [5, 5.41) is 18.7. The van der Waals surface area contributed by atoms with E-state index >= 15 is 0 Å². The molecule has 2 N–H and O–H groups in total. The van der Waals surface area contributed by atoms with E-state index < -0.39 is 0 Å². The molecule has 0 aromatic carbocycles. The molecule has 6 nitrogen and oxygen atoms in total. The molecular weight excluding hydrogens is 292 g/mol. The van der Waals surface area contributed by atoms with Crippen LogP contribution in [0.2, 0.25) is 0 Å². The van der Waals surface area contributed by atoms with Gasteiger partial charge in [0.2, 0.25) is 0 Å². The second kappa shape index (κ2) is 14.1. The van der Waals surface area contributed by atoms with Gasteiger partial charge in [-0.25, -0.2) is 0 Å². The average Bonchev–Trinajstić information content (AvgIpc) is 2.47. The second-order valence-corrected chi connectivity index (χ2v) is 6.72. The maximum Gasteiger partial charge on any atom is 0.0621 e. The minimum atomic E-state index is 0.139. The summed E-state index contributed by atoms with van der Waals surface area (Å²) >= 11 is 0. The zero-order chi connectivity index (χ0) is 17.7. The monoisotopic (exact) mass is 332 g/mol. The molecule has 0 bridgehead atoms. The Kier molecular flexibility index (Phi) is 14.0. The fourth-order valence-corrected chi connectivity index (χ4v) is 3.00. The van der Waals surface area contributed by atoms with E-state index in [1.54, 1.807) is 0 Å². The van der Waals surface area contributed by atoms with Crippen LogP contribution in [-0.4, -0.2) is 117 Å². The van der Waals surface area contributed by atoms with Gasteiger partial charge in [0, 0.05) is 26.2 Å². The van der Waals surface area contributed by atoms with Crippen LogP contribution in [0.15, 0.2) is 0 Å². The minimum Gasteiger partial charge on any atom is -0.395 e.